The van der Waals surface area contributed by atoms with Gasteiger partial charge in [0.05, 0.1) is 0 Å². The fraction of sp³-hybridized carbons (Fsp3) is 0.467. The quantitative estimate of drug-likeness (QED) is 0.0157. The van der Waals surface area contributed by atoms with E-state index in [1.165, 1.54) is 73.0 Å². The molecule has 6 amide bonds. The van der Waals surface area contributed by atoms with Crippen molar-refractivity contribution < 1.29 is 28.8 Å². The Morgan fingerprint density at radius 1 is 0.217 bits per heavy atom. The second-order valence-electron chi connectivity index (χ2n) is 30.5. The molecule has 0 aromatic heterocycles. The largest absolute Gasteiger partial charge is 0.326 e. The van der Waals surface area contributed by atoms with Crippen LogP contribution in [0.2, 0.25) is 0 Å². The normalized spacial score (nSPS) is 18.9. The first-order valence-corrected chi connectivity index (χ1v) is 61.5. The van der Waals surface area contributed by atoms with Gasteiger partial charge in [-0.15, -0.1) is 0 Å². The number of rotatable bonds is 48. The molecule has 0 bridgehead atoms. The van der Waals surface area contributed by atoms with E-state index >= 15 is 0 Å². The number of nitrogens with one attached hydrogen (secondary N) is 6. The second kappa shape index (κ2) is 53.0. The predicted octanol–water partition coefficient (Wildman–Crippen LogP) is 30.5. The zero-order chi connectivity index (χ0) is 82.7. The van der Waals surface area contributed by atoms with Crippen molar-refractivity contribution in [3.05, 3.63) is 146 Å². The molecule has 13 rings (SSSR count). The Labute approximate surface area is 784 Å². The molecule has 6 aliphatic heterocycles. The standard InChI is InChI=1S/C90H108N6O6S18/c97-79(19-7-1-13-73-49-55-103-115-73)91-61-25-37-67(38-26-61)109-85-86(110-68-39-27-62(28-40-68)92-80(98)20-8-2-14-74-50-56-104-116-74)88(112-70-43-31-64(32-44-70)94-82(100)22-10-4-16-76-52-58-106-118-76)90(114-72-47-35-66(36-48-72)96-84(102)24-12-6-18-78-54-60-108-120-78)89(113-71-45-33-65(34-46-71)95-83(101)23-11-5-17-77-53-59-107-119-77)87(85)111-69-41-29-63(30-42-69)93-81(99)21-9-3-15-75-51-57-105-117-75/h25-48,73-78H,1-24,49-60H2,(H,91,97)(H,92,98)(H,93,99)(H,94,100)(H,95,101)(H,96,102)/t73-,74-,75-,76-,77-,78-/m1/s1. The lowest BCUT2D eigenvalue weighted by molar-refractivity contribution is -0.117. The van der Waals surface area contributed by atoms with E-state index in [0.717, 1.165) is 208 Å². The van der Waals surface area contributed by atoms with Gasteiger partial charge in [-0.3, -0.25) is 28.8 Å². The molecule has 12 nitrogen and oxygen atoms in total. The van der Waals surface area contributed by atoms with E-state index in [9.17, 15) is 28.8 Å². The molecule has 642 valence electrons. The van der Waals surface area contributed by atoms with Crippen molar-refractivity contribution >= 4 is 270 Å². The maximum absolute atomic E-state index is 13.7. The number of anilines is 6. The van der Waals surface area contributed by atoms with E-state index in [4.69, 9.17) is 0 Å². The van der Waals surface area contributed by atoms with Crippen LogP contribution in [0.1, 0.15) is 193 Å². The maximum atomic E-state index is 13.7. The highest BCUT2D eigenvalue weighted by Gasteiger charge is 2.31. The Bertz CT molecular complexity index is 3640. The fourth-order valence-electron chi connectivity index (χ4n) is 14.2. The van der Waals surface area contributed by atoms with Crippen LogP contribution in [0.15, 0.2) is 204 Å². The molecule has 120 heavy (non-hydrogen) atoms. The van der Waals surface area contributed by atoms with Crippen molar-refractivity contribution in [1.29, 1.82) is 0 Å². The summed E-state index contributed by atoms with van der Waals surface area (Å²) >= 11 is 10.0. The van der Waals surface area contributed by atoms with Crippen molar-refractivity contribution in [3.63, 3.8) is 0 Å². The van der Waals surface area contributed by atoms with E-state index in [-0.39, 0.29) is 35.4 Å². The van der Waals surface area contributed by atoms with Gasteiger partial charge < -0.3 is 31.9 Å². The van der Waals surface area contributed by atoms with Gasteiger partial charge in [0.15, 0.2) is 0 Å². The Hall–Kier alpha value is -2.34. The minimum atomic E-state index is 0.00554. The Balaban J connectivity index is 0.891. The summed E-state index contributed by atoms with van der Waals surface area (Å²) in [5, 5.41) is 23.4. The molecular formula is C90H108N6O6S18. The van der Waals surface area contributed by atoms with E-state index in [1.54, 1.807) is 70.6 Å². The minimum absolute atomic E-state index is 0.00554. The number of benzene rings is 7. The number of amides is 6. The molecule has 7 aromatic rings. The number of hydrogen-bond donors (Lipinski definition) is 6. The highest BCUT2D eigenvalue weighted by atomic mass is 33.1. The molecule has 0 aliphatic carbocycles. The molecule has 6 saturated heterocycles. The predicted molar refractivity (Wildman–Crippen MR) is 543 cm³/mol. The molecule has 6 aliphatic rings. The number of carbonyl (C=O) groups is 6. The zero-order valence-electron chi connectivity index (χ0n) is 67.6. The highest BCUT2D eigenvalue weighted by Crippen LogP contribution is 2.60. The van der Waals surface area contributed by atoms with E-state index in [1.807, 2.05) is 202 Å². The van der Waals surface area contributed by atoms with Crippen molar-refractivity contribution in [2.24, 2.45) is 0 Å². The van der Waals surface area contributed by atoms with Gasteiger partial charge in [-0.05, 0) is 261 Å². The molecule has 0 radical (unpaired) electrons. The first kappa shape index (κ1) is 95.2. The molecule has 6 atom stereocenters. The lowest BCUT2D eigenvalue weighted by Crippen LogP contribution is -2.11. The van der Waals surface area contributed by atoms with E-state index in [0.29, 0.717) is 70.0 Å². The van der Waals surface area contributed by atoms with Gasteiger partial charge in [0.1, 0.15) is 0 Å². The van der Waals surface area contributed by atoms with Gasteiger partial charge in [-0.25, -0.2) is 0 Å². The average molecular weight is 1950 g/mol. The first-order chi connectivity index (χ1) is 58.9. The molecule has 6 heterocycles. The van der Waals surface area contributed by atoms with Crippen molar-refractivity contribution in [2.75, 3.05) is 66.4 Å². The lowest BCUT2D eigenvalue weighted by Gasteiger charge is -2.26. The monoisotopic (exact) mass is 1940 g/mol. The summed E-state index contributed by atoms with van der Waals surface area (Å²) in [6.07, 6.45) is 28.1. The van der Waals surface area contributed by atoms with Crippen molar-refractivity contribution in [2.45, 2.75) is 283 Å². The fourth-order valence-corrected chi connectivity index (χ4v) is 39.6. The SMILES string of the molecule is O=C(CCCC[C@@H]1CCSS1)Nc1ccc(Sc2c(Sc3ccc(NC(=O)CCCC[C@@H]4CCSS4)cc3)c(Sc3ccc(NC(=O)CCCC[C@@H]4CCSS4)cc3)c(Sc3ccc(NC(=O)CCCC[C@@H]4CCSS4)cc3)c(Sc3ccc(NC(=O)CCCC[C@@H]4CCSS4)cc3)c2Sc2ccc(NC(=O)CCCC[C@@H]3CCSS3)cc2)cc1. The molecule has 0 saturated carbocycles. The number of unbranched alkanes of at least 4 members (excludes halogenated alkanes) is 6. The van der Waals surface area contributed by atoms with Gasteiger partial charge in [-0.2, -0.15) is 0 Å². The molecule has 6 fully saturated rings. The summed E-state index contributed by atoms with van der Waals surface area (Å²) in [4.78, 5) is 93.8. The van der Waals surface area contributed by atoms with Crippen LogP contribution >= 0.6 is 200 Å². The third kappa shape index (κ3) is 33.3. The van der Waals surface area contributed by atoms with Crippen molar-refractivity contribution in [3.8, 4) is 0 Å². The van der Waals surface area contributed by atoms with Crippen LogP contribution in [0.3, 0.4) is 0 Å². The topological polar surface area (TPSA) is 175 Å². The second-order valence-corrected chi connectivity index (χ2v) is 53.7. The summed E-state index contributed by atoms with van der Waals surface area (Å²) < 4.78 is 0. The first-order valence-electron chi connectivity index (χ1n) is 42.3. The molecular weight excluding hydrogens is 1840 g/mol. The third-order valence-electron chi connectivity index (χ3n) is 20.8. The van der Waals surface area contributed by atoms with Crippen LogP contribution in [0, 0.1) is 0 Å². The number of carbonyl (C=O) groups excluding carboxylic acids is 6. The van der Waals surface area contributed by atoms with E-state index in [2.05, 4.69) is 105 Å². The summed E-state index contributed by atoms with van der Waals surface area (Å²) in [7, 11) is 23.7. The van der Waals surface area contributed by atoms with Gasteiger partial charge in [0.25, 0.3) is 0 Å². The van der Waals surface area contributed by atoms with Gasteiger partial charge in [-0.1, -0.05) is 239 Å². The molecule has 0 spiro atoms. The summed E-state index contributed by atoms with van der Waals surface area (Å²) in [5.41, 5.74) is 4.38. The summed E-state index contributed by atoms with van der Waals surface area (Å²) in [6.45, 7) is 0. The molecule has 6 N–H and O–H groups in total. The van der Waals surface area contributed by atoms with E-state index < -0.39 is 0 Å². The smallest absolute Gasteiger partial charge is 0.224 e. The molecule has 0 unspecified atom stereocenters. The zero-order valence-corrected chi connectivity index (χ0v) is 82.3. The molecule has 30 heteroatoms. The van der Waals surface area contributed by atoms with Crippen LogP contribution in [0.5, 0.6) is 0 Å². The number of hydrogen-bond acceptors (Lipinski definition) is 24. The Morgan fingerprint density at radius 2 is 0.358 bits per heavy atom. The third-order valence-corrected chi connectivity index (χ3v) is 46.4. The summed E-state index contributed by atoms with van der Waals surface area (Å²) in [6, 6.07) is 49.4. The van der Waals surface area contributed by atoms with Crippen LogP contribution in [-0.4, -0.2) is 101 Å². The lowest BCUT2D eigenvalue weighted by atomic mass is 10.1. The van der Waals surface area contributed by atoms with Gasteiger partial charge >= 0.3 is 0 Å². The van der Waals surface area contributed by atoms with Crippen LogP contribution < -0.4 is 31.9 Å². The Morgan fingerprint density at radius 3 is 0.483 bits per heavy atom. The highest BCUT2D eigenvalue weighted by molar-refractivity contribution is 8.78. The van der Waals surface area contributed by atoms with Crippen LogP contribution in [0.4, 0.5) is 34.1 Å². The summed E-state index contributed by atoms with van der Waals surface area (Å²) in [5.74, 6) is 7.23. The van der Waals surface area contributed by atoms with Gasteiger partial charge in [0.2, 0.25) is 35.4 Å². The maximum Gasteiger partial charge on any atom is 0.224 e. The van der Waals surface area contributed by atoms with Gasteiger partial charge in [0, 0.05) is 197 Å². The van der Waals surface area contributed by atoms with Crippen LogP contribution in [-0.2, 0) is 28.8 Å². The van der Waals surface area contributed by atoms with Crippen LogP contribution in [0.25, 0.3) is 0 Å². The molecule has 7 aromatic carbocycles. The minimum Gasteiger partial charge on any atom is -0.326 e. The average Bonchev–Trinajstić information content (AvgIpc) is 1.08. The van der Waals surface area contributed by atoms with Crippen molar-refractivity contribution in [1.82, 2.24) is 0 Å². The Kier molecular flexibility index (Phi) is 42.0.